The van der Waals surface area contributed by atoms with Gasteiger partial charge in [-0.2, -0.15) is 0 Å². The predicted octanol–water partition coefficient (Wildman–Crippen LogP) is 4.36. The van der Waals surface area contributed by atoms with E-state index < -0.39 is 0 Å². The van der Waals surface area contributed by atoms with E-state index in [0.717, 1.165) is 11.3 Å². The number of allylic oxidation sites excluding steroid dienone is 1. The van der Waals surface area contributed by atoms with Gasteiger partial charge in [0.1, 0.15) is 5.76 Å². The Hall–Kier alpha value is -3.13. The molecule has 1 aromatic carbocycles. The summed E-state index contributed by atoms with van der Waals surface area (Å²) in [6, 6.07) is 8.72. The van der Waals surface area contributed by atoms with Crippen molar-refractivity contribution in [3.05, 3.63) is 60.6 Å². The third-order valence-electron chi connectivity index (χ3n) is 4.27. The van der Waals surface area contributed by atoms with E-state index in [1.807, 2.05) is 17.6 Å². The number of Topliss-reactive ketones (excluding diaryl/α,β-unsaturated/α-hetero) is 1. The third kappa shape index (κ3) is 4.83. The first-order valence-corrected chi connectivity index (χ1v) is 10.2. The Labute approximate surface area is 173 Å². The van der Waals surface area contributed by atoms with E-state index in [0.29, 0.717) is 35.2 Å². The van der Waals surface area contributed by atoms with Gasteiger partial charge in [0.25, 0.3) is 0 Å². The fourth-order valence-corrected chi connectivity index (χ4v) is 3.55. The minimum absolute atomic E-state index is 0.0300. The SMILES string of the molecule is C=CCn1c(SCC(=O)c2ccc(NC(=O)CC)cc2)nnc1-c1ccoc1C. The second-order valence-corrected chi connectivity index (χ2v) is 7.23. The van der Waals surface area contributed by atoms with Gasteiger partial charge in [-0.05, 0) is 37.3 Å². The lowest BCUT2D eigenvalue weighted by molar-refractivity contribution is -0.115. The highest BCUT2D eigenvalue weighted by atomic mass is 32.2. The van der Waals surface area contributed by atoms with Crippen molar-refractivity contribution in [2.45, 2.75) is 32.0 Å². The first-order chi connectivity index (χ1) is 14.0. The van der Waals surface area contributed by atoms with Crippen LogP contribution < -0.4 is 5.32 Å². The quantitative estimate of drug-likeness (QED) is 0.320. The van der Waals surface area contributed by atoms with Crippen molar-refractivity contribution in [2.75, 3.05) is 11.1 Å². The molecule has 0 fully saturated rings. The highest BCUT2D eigenvalue weighted by Gasteiger charge is 2.18. The number of amides is 1. The molecule has 0 aliphatic carbocycles. The number of anilines is 1. The molecule has 2 aromatic heterocycles. The second-order valence-electron chi connectivity index (χ2n) is 6.29. The first-order valence-electron chi connectivity index (χ1n) is 9.18. The molecule has 0 unspecified atom stereocenters. The highest BCUT2D eigenvalue weighted by Crippen LogP contribution is 2.27. The van der Waals surface area contributed by atoms with Crippen LogP contribution in [0.1, 0.15) is 29.5 Å². The fraction of sp³-hybridized carbons (Fsp3) is 0.238. The Morgan fingerprint density at radius 3 is 2.62 bits per heavy atom. The van der Waals surface area contributed by atoms with Crippen molar-refractivity contribution in [3.63, 3.8) is 0 Å². The van der Waals surface area contributed by atoms with Crippen molar-refractivity contribution >= 4 is 29.1 Å². The summed E-state index contributed by atoms with van der Waals surface area (Å²) in [6.45, 7) is 7.97. The summed E-state index contributed by atoms with van der Waals surface area (Å²) in [5, 5.41) is 11.9. The summed E-state index contributed by atoms with van der Waals surface area (Å²) in [5.41, 5.74) is 2.11. The second kappa shape index (κ2) is 9.38. The van der Waals surface area contributed by atoms with Crippen LogP contribution in [0.5, 0.6) is 0 Å². The molecular weight excluding hydrogens is 388 g/mol. The smallest absolute Gasteiger partial charge is 0.224 e. The van der Waals surface area contributed by atoms with E-state index in [1.165, 1.54) is 11.8 Å². The van der Waals surface area contributed by atoms with E-state index in [2.05, 4.69) is 22.1 Å². The van der Waals surface area contributed by atoms with Crippen LogP contribution in [0.25, 0.3) is 11.4 Å². The van der Waals surface area contributed by atoms with Crippen molar-refractivity contribution in [3.8, 4) is 11.4 Å². The number of carbonyl (C=O) groups excluding carboxylic acids is 2. The van der Waals surface area contributed by atoms with Crippen LogP contribution in [-0.4, -0.2) is 32.2 Å². The molecule has 0 spiro atoms. The third-order valence-corrected chi connectivity index (χ3v) is 5.24. The molecule has 0 aliphatic heterocycles. The summed E-state index contributed by atoms with van der Waals surface area (Å²) < 4.78 is 7.27. The number of hydrogen-bond donors (Lipinski definition) is 1. The molecule has 0 saturated heterocycles. The van der Waals surface area contributed by atoms with Gasteiger partial charge in [-0.3, -0.25) is 14.2 Å². The van der Waals surface area contributed by atoms with E-state index in [1.54, 1.807) is 43.5 Å². The van der Waals surface area contributed by atoms with Crippen molar-refractivity contribution in [2.24, 2.45) is 0 Å². The standard InChI is InChI=1S/C21H22N4O3S/c1-4-11-25-20(17-10-12-28-14(17)3)23-24-21(25)29-13-18(26)15-6-8-16(9-7-15)22-19(27)5-2/h4,6-10,12H,1,5,11,13H2,2-3H3,(H,22,27). The van der Waals surface area contributed by atoms with Gasteiger partial charge < -0.3 is 9.73 Å². The Morgan fingerprint density at radius 1 is 1.24 bits per heavy atom. The van der Waals surface area contributed by atoms with Crippen LogP contribution in [0.15, 0.2) is 58.8 Å². The van der Waals surface area contributed by atoms with Gasteiger partial charge in [0.05, 0.1) is 17.6 Å². The molecule has 3 aromatic rings. The number of hydrogen-bond acceptors (Lipinski definition) is 6. The maximum Gasteiger partial charge on any atom is 0.224 e. The number of furan rings is 1. The number of benzene rings is 1. The van der Waals surface area contributed by atoms with Gasteiger partial charge in [-0.15, -0.1) is 16.8 Å². The molecule has 0 saturated carbocycles. The molecule has 2 heterocycles. The molecule has 1 amide bonds. The lowest BCUT2D eigenvalue weighted by Crippen LogP contribution is -2.10. The largest absolute Gasteiger partial charge is 0.469 e. The van der Waals surface area contributed by atoms with Gasteiger partial charge in [-0.1, -0.05) is 24.8 Å². The number of carbonyl (C=O) groups is 2. The zero-order chi connectivity index (χ0) is 20.8. The van der Waals surface area contributed by atoms with Crippen LogP contribution in [-0.2, 0) is 11.3 Å². The zero-order valence-corrected chi connectivity index (χ0v) is 17.2. The number of rotatable bonds is 9. The first kappa shape index (κ1) is 20.6. The van der Waals surface area contributed by atoms with E-state index in [-0.39, 0.29) is 17.4 Å². The molecule has 1 N–H and O–H groups in total. The topological polar surface area (TPSA) is 90.0 Å². The molecule has 0 atom stereocenters. The lowest BCUT2D eigenvalue weighted by Gasteiger charge is -2.07. The molecule has 0 aliphatic rings. The Bertz CT molecular complexity index is 1020. The highest BCUT2D eigenvalue weighted by molar-refractivity contribution is 7.99. The van der Waals surface area contributed by atoms with Crippen LogP contribution in [0.3, 0.4) is 0 Å². The Morgan fingerprint density at radius 2 is 2.00 bits per heavy atom. The molecule has 8 heteroatoms. The Kier molecular flexibility index (Phi) is 6.66. The summed E-state index contributed by atoms with van der Waals surface area (Å²) >= 11 is 1.32. The Balaban J connectivity index is 1.70. The van der Waals surface area contributed by atoms with Crippen molar-refractivity contribution in [1.82, 2.24) is 14.8 Å². The summed E-state index contributed by atoms with van der Waals surface area (Å²) in [7, 11) is 0. The van der Waals surface area contributed by atoms with Crippen molar-refractivity contribution < 1.29 is 14.0 Å². The predicted molar refractivity (Wildman–Crippen MR) is 113 cm³/mol. The van der Waals surface area contributed by atoms with E-state index in [4.69, 9.17) is 4.42 Å². The fourth-order valence-electron chi connectivity index (χ4n) is 2.71. The number of nitrogens with one attached hydrogen (secondary N) is 1. The summed E-state index contributed by atoms with van der Waals surface area (Å²) in [4.78, 5) is 24.0. The monoisotopic (exact) mass is 410 g/mol. The van der Waals surface area contributed by atoms with Gasteiger partial charge >= 0.3 is 0 Å². The van der Waals surface area contributed by atoms with Gasteiger partial charge in [0, 0.05) is 24.2 Å². The number of nitrogens with zero attached hydrogens (tertiary/aromatic N) is 3. The van der Waals surface area contributed by atoms with Crippen LogP contribution in [0.4, 0.5) is 5.69 Å². The van der Waals surface area contributed by atoms with Crippen LogP contribution >= 0.6 is 11.8 Å². The maximum atomic E-state index is 12.6. The number of thioether (sulfide) groups is 1. The minimum Gasteiger partial charge on any atom is -0.469 e. The minimum atomic E-state index is -0.0650. The number of aryl methyl sites for hydroxylation is 1. The molecule has 0 radical (unpaired) electrons. The van der Waals surface area contributed by atoms with Crippen molar-refractivity contribution in [1.29, 1.82) is 0 Å². The molecule has 29 heavy (non-hydrogen) atoms. The number of ketones is 1. The average molecular weight is 410 g/mol. The van der Waals surface area contributed by atoms with Gasteiger partial charge in [-0.25, -0.2) is 0 Å². The summed E-state index contributed by atoms with van der Waals surface area (Å²) in [6.07, 6.45) is 3.78. The van der Waals surface area contributed by atoms with Crippen LogP contribution in [0, 0.1) is 6.92 Å². The van der Waals surface area contributed by atoms with Gasteiger partial charge in [0.2, 0.25) is 5.91 Å². The molecule has 3 rings (SSSR count). The molecule has 7 nitrogen and oxygen atoms in total. The maximum absolute atomic E-state index is 12.6. The molecule has 0 bridgehead atoms. The molecular formula is C21H22N4O3S. The van der Waals surface area contributed by atoms with Gasteiger partial charge in [0.15, 0.2) is 16.8 Å². The normalized spacial score (nSPS) is 10.7. The van der Waals surface area contributed by atoms with E-state index in [9.17, 15) is 9.59 Å². The van der Waals surface area contributed by atoms with E-state index >= 15 is 0 Å². The zero-order valence-electron chi connectivity index (χ0n) is 16.3. The molecule has 150 valence electrons. The average Bonchev–Trinajstić information content (AvgIpc) is 3.32. The number of aromatic nitrogens is 3. The van der Waals surface area contributed by atoms with Crippen LogP contribution in [0.2, 0.25) is 0 Å². The lowest BCUT2D eigenvalue weighted by atomic mass is 10.1. The summed E-state index contributed by atoms with van der Waals surface area (Å²) in [5.74, 6) is 1.57.